The van der Waals surface area contributed by atoms with Crippen LogP contribution in [-0.4, -0.2) is 5.97 Å². The Morgan fingerprint density at radius 2 is 1.50 bits per heavy atom. The lowest BCUT2D eigenvalue weighted by Gasteiger charge is -2.05. The normalized spacial score (nSPS) is 10.1. The number of para-hydroxylation sites is 1. The molecule has 28 heavy (non-hydrogen) atoms. The highest BCUT2D eigenvalue weighted by Crippen LogP contribution is 2.17. The van der Waals surface area contributed by atoms with E-state index in [1.807, 2.05) is 95.8 Å². The van der Waals surface area contributed by atoms with Gasteiger partial charge in [0, 0.05) is 17.0 Å². The van der Waals surface area contributed by atoms with Crippen LogP contribution in [0.15, 0.2) is 97.3 Å². The largest absolute Gasteiger partial charge is 0.421 e. The molecule has 3 heteroatoms. The molecule has 0 amide bonds. The van der Waals surface area contributed by atoms with Crippen molar-refractivity contribution in [2.75, 3.05) is 0 Å². The number of carbonyl (C=O) groups is 1. The third-order valence-corrected chi connectivity index (χ3v) is 4.28. The zero-order chi connectivity index (χ0) is 19.2. The summed E-state index contributed by atoms with van der Waals surface area (Å²) in [4.78, 5) is 12.5. The molecule has 0 aliphatic heterocycles. The summed E-state index contributed by atoms with van der Waals surface area (Å²) in [6.45, 7) is 0.130. The van der Waals surface area contributed by atoms with Crippen molar-refractivity contribution in [3.63, 3.8) is 0 Å². The first-order valence-electron chi connectivity index (χ1n) is 9.02. The highest BCUT2D eigenvalue weighted by atomic mass is 16.5. The second kappa shape index (κ2) is 8.20. The van der Waals surface area contributed by atoms with E-state index in [1.54, 1.807) is 6.07 Å². The molecule has 4 aromatic rings. The molecule has 1 aromatic heterocycles. The number of hydrogen-bond donors (Lipinski definition) is 0. The zero-order valence-corrected chi connectivity index (χ0v) is 15.2. The van der Waals surface area contributed by atoms with Crippen LogP contribution in [0.3, 0.4) is 0 Å². The predicted molar refractivity (Wildman–Crippen MR) is 109 cm³/mol. The Balaban J connectivity index is 1.51. The average Bonchev–Trinajstić information content (AvgIpc) is 2.74. The average molecular weight is 364 g/mol. The summed E-state index contributed by atoms with van der Waals surface area (Å²) in [6.07, 6.45) is 3.82. The molecule has 1 heterocycles. The number of ether oxygens (including phenoxy) is 1. The van der Waals surface area contributed by atoms with E-state index in [1.165, 1.54) is 0 Å². The Labute approximate surface area is 163 Å². The van der Waals surface area contributed by atoms with Gasteiger partial charge in [-0.05, 0) is 35.7 Å². The molecule has 134 valence electrons. The minimum Gasteiger partial charge on any atom is -0.421 e. The Hall–Kier alpha value is -3.90. The number of carbonyl (C=O) groups excluding carboxylic acids is 1. The van der Waals surface area contributed by atoms with Crippen LogP contribution in [0.4, 0.5) is 0 Å². The van der Waals surface area contributed by atoms with Crippen molar-refractivity contribution < 1.29 is 14.1 Å². The molecular formula is C25H18NO2+. The fraction of sp³-hybridized carbons (Fsp3) is 0.0400. The van der Waals surface area contributed by atoms with Gasteiger partial charge in [0.15, 0.2) is 12.4 Å². The third-order valence-electron chi connectivity index (χ3n) is 4.28. The Bertz CT molecular complexity index is 1190. The van der Waals surface area contributed by atoms with Crippen LogP contribution in [-0.2, 0) is 11.3 Å². The number of esters is 1. The van der Waals surface area contributed by atoms with Crippen molar-refractivity contribution in [3.8, 4) is 17.6 Å². The van der Waals surface area contributed by atoms with Gasteiger partial charge in [-0.3, -0.25) is 0 Å². The molecule has 0 saturated heterocycles. The van der Waals surface area contributed by atoms with E-state index in [0.717, 1.165) is 16.3 Å². The smallest absolute Gasteiger partial charge is 0.378 e. The monoisotopic (exact) mass is 364 g/mol. The quantitative estimate of drug-likeness (QED) is 0.237. The first-order chi connectivity index (χ1) is 13.8. The summed E-state index contributed by atoms with van der Waals surface area (Å²) in [7, 11) is 0. The van der Waals surface area contributed by atoms with Crippen molar-refractivity contribution in [1.29, 1.82) is 0 Å². The summed E-state index contributed by atoms with van der Waals surface area (Å²) < 4.78 is 7.41. The molecule has 0 unspecified atom stereocenters. The van der Waals surface area contributed by atoms with Gasteiger partial charge in [-0.1, -0.05) is 60.4 Å². The lowest BCUT2D eigenvalue weighted by atomic mass is 10.1. The van der Waals surface area contributed by atoms with E-state index in [2.05, 4.69) is 11.8 Å². The second-order valence-electron chi connectivity index (χ2n) is 6.33. The van der Waals surface area contributed by atoms with E-state index >= 15 is 0 Å². The third kappa shape index (κ3) is 4.25. The lowest BCUT2D eigenvalue weighted by Crippen LogP contribution is -2.38. The fourth-order valence-electron chi connectivity index (χ4n) is 2.90. The Kier molecular flexibility index (Phi) is 5.13. The number of fused-ring (bicyclic) bond motifs is 1. The molecule has 0 atom stereocenters. The van der Waals surface area contributed by atoms with Gasteiger partial charge in [-0.25, -0.2) is 4.79 Å². The molecular weight excluding hydrogens is 346 g/mol. The topological polar surface area (TPSA) is 30.2 Å². The van der Waals surface area contributed by atoms with Gasteiger partial charge in [0.1, 0.15) is 5.75 Å². The summed E-state index contributed by atoms with van der Waals surface area (Å²) in [5, 5.41) is 2.21. The van der Waals surface area contributed by atoms with E-state index in [9.17, 15) is 4.79 Å². The summed E-state index contributed by atoms with van der Waals surface area (Å²) in [5.41, 5.74) is 1.60. The maximum Gasteiger partial charge on any atom is 0.378 e. The van der Waals surface area contributed by atoms with Gasteiger partial charge < -0.3 is 4.74 Å². The molecule has 0 radical (unpaired) electrons. The van der Waals surface area contributed by atoms with Crippen LogP contribution in [0.1, 0.15) is 11.1 Å². The highest BCUT2D eigenvalue weighted by molar-refractivity contribution is 5.80. The fourth-order valence-corrected chi connectivity index (χ4v) is 2.90. The van der Waals surface area contributed by atoms with Crippen molar-refractivity contribution >= 4 is 16.7 Å². The van der Waals surface area contributed by atoms with Crippen molar-refractivity contribution in [3.05, 3.63) is 108 Å². The van der Waals surface area contributed by atoms with Gasteiger partial charge >= 0.3 is 5.97 Å². The molecule has 0 fully saturated rings. The molecule has 0 aliphatic rings. The van der Waals surface area contributed by atoms with Gasteiger partial charge in [0.25, 0.3) is 0 Å². The predicted octanol–water partition coefficient (Wildman–Crippen LogP) is 4.13. The maximum atomic E-state index is 12.5. The first-order valence-corrected chi connectivity index (χ1v) is 9.02. The molecule has 4 rings (SSSR count). The summed E-state index contributed by atoms with van der Waals surface area (Å²) >= 11 is 0. The van der Waals surface area contributed by atoms with Crippen LogP contribution in [0, 0.1) is 11.8 Å². The van der Waals surface area contributed by atoms with Crippen LogP contribution >= 0.6 is 0 Å². The van der Waals surface area contributed by atoms with Gasteiger partial charge in [-0.15, -0.1) is 0 Å². The zero-order valence-electron chi connectivity index (χ0n) is 15.2. The van der Waals surface area contributed by atoms with E-state index in [4.69, 9.17) is 4.74 Å². The number of hydrogen-bond acceptors (Lipinski definition) is 2. The van der Waals surface area contributed by atoms with Crippen LogP contribution < -0.4 is 9.30 Å². The number of aromatic nitrogens is 1. The number of pyridine rings is 1. The minimum atomic E-state index is -0.339. The molecule has 0 bridgehead atoms. The summed E-state index contributed by atoms with van der Waals surface area (Å²) in [5.74, 6) is 6.32. The van der Waals surface area contributed by atoms with Crippen molar-refractivity contribution in [2.45, 2.75) is 6.54 Å². The van der Waals surface area contributed by atoms with Crippen LogP contribution in [0.5, 0.6) is 5.75 Å². The number of rotatable bonds is 3. The maximum absolute atomic E-state index is 12.5. The van der Waals surface area contributed by atoms with E-state index in [0.29, 0.717) is 11.3 Å². The molecule has 0 spiro atoms. The van der Waals surface area contributed by atoms with Crippen molar-refractivity contribution in [1.82, 2.24) is 0 Å². The Morgan fingerprint density at radius 3 is 2.36 bits per heavy atom. The molecule has 3 nitrogen and oxygen atoms in total. The number of nitrogens with zero attached hydrogens (tertiary/aromatic N) is 1. The number of benzene rings is 3. The molecule has 0 aliphatic carbocycles. The first kappa shape index (κ1) is 17.5. The summed E-state index contributed by atoms with van der Waals surface area (Å²) in [6, 6.07) is 27.1. The van der Waals surface area contributed by atoms with Crippen LogP contribution in [0.2, 0.25) is 0 Å². The minimum absolute atomic E-state index is 0.130. The van der Waals surface area contributed by atoms with Crippen molar-refractivity contribution in [2.24, 2.45) is 0 Å². The highest BCUT2D eigenvalue weighted by Gasteiger charge is 2.14. The van der Waals surface area contributed by atoms with Gasteiger partial charge in [0.2, 0.25) is 6.54 Å². The molecule has 0 saturated carbocycles. The molecule has 0 N–H and O–H groups in total. The van der Waals surface area contributed by atoms with Crippen LogP contribution in [0.25, 0.3) is 10.8 Å². The standard InChI is InChI=1S/C25H18NO2/c27-25(19-26-17-16-21-10-4-5-12-23(21)18-26)28-24-13-7-6-11-22(24)15-14-20-8-2-1-3-9-20/h1-13,16-18H,19H2/q+1. The van der Waals surface area contributed by atoms with Gasteiger partial charge in [0.05, 0.1) is 5.56 Å². The lowest BCUT2D eigenvalue weighted by molar-refractivity contribution is -0.684. The Morgan fingerprint density at radius 1 is 0.786 bits per heavy atom. The molecule has 3 aromatic carbocycles. The van der Waals surface area contributed by atoms with E-state index in [-0.39, 0.29) is 12.5 Å². The van der Waals surface area contributed by atoms with Gasteiger partial charge in [-0.2, -0.15) is 4.57 Å². The van der Waals surface area contributed by atoms with E-state index < -0.39 is 0 Å². The second-order valence-corrected chi connectivity index (χ2v) is 6.33. The SMILES string of the molecule is O=C(C[n+]1ccc2ccccc2c1)Oc1ccccc1C#Cc1ccccc1.